The molecule has 1 aromatic carbocycles. The van der Waals surface area contributed by atoms with Crippen LogP contribution in [0.25, 0.3) is 0 Å². The highest BCUT2D eigenvalue weighted by atomic mass is 19.1. The summed E-state index contributed by atoms with van der Waals surface area (Å²) in [5, 5.41) is 22.1. The Balaban J connectivity index is 2.41. The topological polar surface area (TPSA) is 52.5 Å². The fourth-order valence-corrected chi connectivity index (χ4v) is 1.32. The largest absolute Gasteiger partial charge is 0.389 e. The second-order valence-corrected chi connectivity index (χ2v) is 4.51. The molecule has 1 unspecified atom stereocenters. The molecule has 3 N–H and O–H groups in total. The van der Waals surface area contributed by atoms with E-state index < -0.39 is 11.7 Å². The van der Waals surface area contributed by atoms with Gasteiger partial charge in [0.25, 0.3) is 0 Å². The molecule has 0 saturated carbocycles. The predicted molar refractivity (Wildman–Crippen MR) is 60.5 cm³/mol. The van der Waals surface area contributed by atoms with Crippen molar-refractivity contribution in [3.05, 3.63) is 35.6 Å². The third-order valence-electron chi connectivity index (χ3n) is 2.15. The van der Waals surface area contributed by atoms with E-state index in [1.165, 1.54) is 12.1 Å². The molecule has 0 fully saturated rings. The second kappa shape index (κ2) is 5.39. The molecule has 0 aliphatic heterocycles. The zero-order valence-corrected chi connectivity index (χ0v) is 9.57. The number of hydrogen-bond donors (Lipinski definition) is 3. The summed E-state index contributed by atoms with van der Waals surface area (Å²) in [6.07, 6.45) is -0.692. The average molecular weight is 227 g/mol. The maximum atomic E-state index is 12.6. The maximum Gasteiger partial charge on any atom is 0.123 e. The molecule has 0 aromatic heterocycles. The Morgan fingerprint density at radius 1 is 1.31 bits per heavy atom. The summed E-state index contributed by atoms with van der Waals surface area (Å²) >= 11 is 0. The first-order valence-corrected chi connectivity index (χ1v) is 5.25. The standard InChI is InChI=1S/C12H18FNO2/c1-12(2,16)8-14-7-11(15)9-3-5-10(13)6-4-9/h3-6,11,14-16H,7-8H2,1-2H3. The van der Waals surface area contributed by atoms with Crippen LogP contribution in [-0.2, 0) is 0 Å². The zero-order valence-electron chi connectivity index (χ0n) is 9.57. The molecular formula is C12H18FNO2. The first kappa shape index (κ1) is 13.1. The van der Waals surface area contributed by atoms with Crippen LogP contribution in [0.3, 0.4) is 0 Å². The summed E-state index contributed by atoms with van der Waals surface area (Å²) in [6, 6.07) is 5.72. The van der Waals surface area contributed by atoms with E-state index in [1.54, 1.807) is 26.0 Å². The fourth-order valence-electron chi connectivity index (χ4n) is 1.32. The summed E-state index contributed by atoms with van der Waals surface area (Å²) < 4.78 is 12.6. The molecule has 4 heteroatoms. The van der Waals surface area contributed by atoms with Gasteiger partial charge in [-0.25, -0.2) is 4.39 Å². The molecule has 1 rings (SSSR count). The van der Waals surface area contributed by atoms with E-state index in [9.17, 15) is 14.6 Å². The molecule has 0 heterocycles. The van der Waals surface area contributed by atoms with E-state index in [1.807, 2.05) is 0 Å². The van der Waals surface area contributed by atoms with Crippen LogP contribution in [0.1, 0.15) is 25.5 Å². The average Bonchev–Trinajstić information content (AvgIpc) is 2.16. The van der Waals surface area contributed by atoms with Crippen molar-refractivity contribution in [1.29, 1.82) is 0 Å². The van der Waals surface area contributed by atoms with Crippen LogP contribution in [0, 0.1) is 5.82 Å². The van der Waals surface area contributed by atoms with Gasteiger partial charge in [-0.1, -0.05) is 12.1 Å². The minimum atomic E-state index is -0.803. The minimum absolute atomic E-state index is 0.319. The lowest BCUT2D eigenvalue weighted by Crippen LogP contribution is -2.36. The number of hydrogen-bond acceptors (Lipinski definition) is 3. The van der Waals surface area contributed by atoms with Gasteiger partial charge in [0.15, 0.2) is 0 Å². The second-order valence-electron chi connectivity index (χ2n) is 4.51. The van der Waals surface area contributed by atoms with Crippen LogP contribution in [0.4, 0.5) is 4.39 Å². The van der Waals surface area contributed by atoms with Gasteiger partial charge in [-0.2, -0.15) is 0 Å². The Labute approximate surface area is 94.9 Å². The van der Waals surface area contributed by atoms with E-state index >= 15 is 0 Å². The van der Waals surface area contributed by atoms with Gasteiger partial charge < -0.3 is 15.5 Å². The zero-order chi connectivity index (χ0) is 12.2. The molecule has 0 bridgehead atoms. The normalized spacial score (nSPS) is 13.8. The van der Waals surface area contributed by atoms with Crippen molar-refractivity contribution in [3.8, 4) is 0 Å². The Bertz CT molecular complexity index is 319. The van der Waals surface area contributed by atoms with Crippen LogP contribution >= 0.6 is 0 Å². The molecule has 0 aliphatic rings. The first-order valence-electron chi connectivity index (χ1n) is 5.25. The lowest BCUT2D eigenvalue weighted by atomic mass is 10.1. The SMILES string of the molecule is CC(C)(O)CNCC(O)c1ccc(F)cc1. The molecule has 0 radical (unpaired) electrons. The fraction of sp³-hybridized carbons (Fsp3) is 0.500. The molecule has 90 valence electrons. The molecule has 0 saturated heterocycles. The van der Waals surface area contributed by atoms with Crippen LogP contribution in [0.5, 0.6) is 0 Å². The van der Waals surface area contributed by atoms with E-state index in [0.29, 0.717) is 18.7 Å². The molecule has 0 amide bonds. The van der Waals surface area contributed by atoms with Gasteiger partial charge >= 0.3 is 0 Å². The van der Waals surface area contributed by atoms with Crippen molar-refractivity contribution < 1.29 is 14.6 Å². The molecule has 0 spiro atoms. The van der Waals surface area contributed by atoms with E-state index in [4.69, 9.17) is 0 Å². The van der Waals surface area contributed by atoms with E-state index in [0.717, 1.165) is 0 Å². The highest BCUT2D eigenvalue weighted by Crippen LogP contribution is 2.12. The monoisotopic (exact) mass is 227 g/mol. The van der Waals surface area contributed by atoms with Crippen molar-refractivity contribution in [2.45, 2.75) is 25.6 Å². The number of rotatable bonds is 5. The lowest BCUT2D eigenvalue weighted by Gasteiger charge is -2.19. The maximum absolute atomic E-state index is 12.6. The third kappa shape index (κ3) is 4.70. The number of aliphatic hydroxyl groups is 2. The van der Waals surface area contributed by atoms with Crippen molar-refractivity contribution in [2.75, 3.05) is 13.1 Å². The Morgan fingerprint density at radius 3 is 2.38 bits per heavy atom. The van der Waals surface area contributed by atoms with Crippen LogP contribution < -0.4 is 5.32 Å². The van der Waals surface area contributed by atoms with Gasteiger partial charge in [0.1, 0.15) is 5.82 Å². The molecule has 1 atom stereocenters. The molecule has 3 nitrogen and oxygen atoms in total. The third-order valence-corrected chi connectivity index (χ3v) is 2.15. The van der Waals surface area contributed by atoms with Crippen molar-refractivity contribution in [3.63, 3.8) is 0 Å². The highest BCUT2D eigenvalue weighted by molar-refractivity contribution is 5.18. The smallest absolute Gasteiger partial charge is 0.123 e. The van der Waals surface area contributed by atoms with Gasteiger partial charge in [-0.15, -0.1) is 0 Å². The Kier molecular flexibility index (Phi) is 4.41. The number of nitrogens with one attached hydrogen (secondary N) is 1. The number of aliphatic hydroxyl groups excluding tert-OH is 1. The van der Waals surface area contributed by atoms with Crippen LogP contribution in [0.2, 0.25) is 0 Å². The summed E-state index contributed by atoms with van der Waals surface area (Å²) in [5.74, 6) is -0.319. The van der Waals surface area contributed by atoms with Gasteiger partial charge in [0.05, 0.1) is 11.7 Å². The lowest BCUT2D eigenvalue weighted by molar-refractivity contribution is 0.0739. The molecule has 1 aromatic rings. The van der Waals surface area contributed by atoms with Gasteiger partial charge in [-0.3, -0.25) is 0 Å². The Hall–Kier alpha value is -0.970. The number of benzene rings is 1. The van der Waals surface area contributed by atoms with Gasteiger partial charge in [0, 0.05) is 13.1 Å². The highest BCUT2D eigenvalue weighted by Gasteiger charge is 2.13. The van der Waals surface area contributed by atoms with Gasteiger partial charge in [0.2, 0.25) is 0 Å². The van der Waals surface area contributed by atoms with Crippen molar-refractivity contribution >= 4 is 0 Å². The minimum Gasteiger partial charge on any atom is -0.389 e. The van der Waals surface area contributed by atoms with Crippen LogP contribution in [-0.4, -0.2) is 28.9 Å². The van der Waals surface area contributed by atoms with Crippen molar-refractivity contribution in [2.24, 2.45) is 0 Å². The first-order chi connectivity index (χ1) is 7.38. The van der Waals surface area contributed by atoms with Crippen LogP contribution in [0.15, 0.2) is 24.3 Å². The molecule has 16 heavy (non-hydrogen) atoms. The van der Waals surface area contributed by atoms with E-state index in [-0.39, 0.29) is 5.82 Å². The van der Waals surface area contributed by atoms with E-state index in [2.05, 4.69) is 5.32 Å². The molecule has 0 aliphatic carbocycles. The van der Waals surface area contributed by atoms with Crippen molar-refractivity contribution in [1.82, 2.24) is 5.32 Å². The molecular weight excluding hydrogens is 209 g/mol. The summed E-state index contributed by atoms with van der Waals surface area (Å²) in [7, 11) is 0. The summed E-state index contributed by atoms with van der Waals surface area (Å²) in [5.41, 5.74) is -0.146. The quantitative estimate of drug-likeness (QED) is 0.709. The summed E-state index contributed by atoms with van der Waals surface area (Å²) in [6.45, 7) is 4.09. The summed E-state index contributed by atoms with van der Waals surface area (Å²) in [4.78, 5) is 0. The van der Waals surface area contributed by atoms with Gasteiger partial charge in [-0.05, 0) is 31.5 Å². The predicted octanol–water partition coefficient (Wildman–Crippen LogP) is 1.22. The Morgan fingerprint density at radius 2 is 1.88 bits per heavy atom. The number of halogens is 1.